The van der Waals surface area contributed by atoms with E-state index in [9.17, 15) is 19.5 Å². The van der Waals surface area contributed by atoms with E-state index in [1.54, 1.807) is 0 Å². The number of carboxylic acids is 1. The molecule has 0 aliphatic heterocycles. The monoisotopic (exact) mass is 462 g/mol. The summed E-state index contributed by atoms with van der Waals surface area (Å²) in [5.74, 6) is 0.461. The third kappa shape index (κ3) is 5.17. The van der Waals surface area contributed by atoms with Gasteiger partial charge in [0.05, 0.1) is 5.92 Å². The van der Waals surface area contributed by atoms with Crippen molar-refractivity contribution in [2.24, 2.45) is 46.3 Å². The Balaban J connectivity index is 1.77. The van der Waals surface area contributed by atoms with Crippen molar-refractivity contribution in [3.63, 3.8) is 0 Å². The molecule has 3 fully saturated rings. The first kappa shape index (κ1) is 26.2. The van der Waals surface area contributed by atoms with E-state index in [0.717, 1.165) is 31.6 Å². The smallest absolute Gasteiger partial charge is 0.307 e. The normalized spacial score (nSPS) is 39.8. The summed E-state index contributed by atoms with van der Waals surface area (Å²) in [5.41, 5.74) is -0.590. The van der Waals surface area contributed by atoms with Crippen LogP contribution in [0.15, 0.2) is 0 Å². The maximum absolute atomic E-state index is 13.3. The molecule has 0 amide bonds. The molecule has 3 aliphatic rings. The summed E-state index contributed by atoms with van der Waals surface area (Å²) in [4.78, 5) is 37.4. The van der Waals surface area contributed by atoms with Crippen LogP contribution >= 0.6 is 0 Å². The lowest BCUT2D eigenvalue weighted by Crippen LogP contribution is -2.54. The van der Waals surface area contributed by atoms with Crippen LogP contribution in [0.1, 0.15) is 106 Å². The zero-order chi connectivity index (χ0) is 24.6. The molecule has 5 heteroatoms. The molecular weight excluding hydrogens is 416 g/mol. The van der Waals surface area contributed by atoms with Crippen LogP contribution < -0.4 is 0 Å². The fraction of sp³-hybridized carbons (Fsp3) is 0.893. The molecular formula is C28H46O5. The average Bonchev–Trinajstić information content (AvgIpc) is 3.06. The van der Waals surface area contributed by atoms with Gasteiger partial charge in [-0.05, 0) is 73.5 Å². The second kappa shape index (κ2) is 10.1. The van der Waals surface area contributed by atoms with E-state index in [2.05, 4.69) is 27.7 Å². The van der Waals surface area contributed by atoms with Crippen molar-refractivity contribution in [1.82, 2.24) is 0 Å². The molecule has 0 spiro atoms. The number of fused-ring (bicyclic) bond motifs is 1. The van der Waals surface area contributed by atoms with Gasteiger partial charge in [0.2, 0.25) is 0 Å². The largest absolute Gasteiger partial charge is 0.481 e. The summed E-state index contributed by atoms with van der Waals surface area (Å²) < 4.78 is 5.31. The van der Waals surface area contributed by atoms with Gasteiger partial charge in [-0.25, -0.2) is 0 Å². The lowest BCUT2D eigenvalue weighted by Gasteiger charge is -2.53. The van der Waals surface area contributed by atoms with Gasteiger partial charge in [0.25, 0.3) is 0 Å². The Hall–Kier alpha value is -1.39. The molecule has 6 unspecified atom stereocenters. The lowest BCUT2D eigenvalue weighted by atomic mass is 9.50. The first-order valence-electron chi connectivity index (χ1n) is 13.3. The van der Waals surface area contributed by atoms with Crippen molar-refractivity contribution in [3.8, 4) is 0 Å². The second-order valence-corrected chi connectivity index (χ2v) is 12.4. The Morgan fingerprint density at radius 1 is 1.03 bits per heavy atom. The third-order valence-corrected chi connectivity index (χ3v) is 9.94. The number of carbonyl (C=O) groups is 3. The minimum atomic E-state index is -0.722. The van der Waals surface area contributed by atoms with Gasteiger partial charge < -0.3 is 9.84 Å². The van der Waals surface area contributed by atoms with Crippen LogP contribution in [-0.4, -0.2) is 28.9 Å². The molecule has 0 saturated heterocycles. The number of ether oxygens (including phenoxy) is 1. The number of ketones is 1. The van der Waals surface area contributed by atoms with Crippen molar-refractivity contribution in [3.05, 3.63) is 0 Å². The number of esters is 1. The van der Waals surface area contributed by atoms with Crippen LogP contribution in [-0.2, 0) is 19.1 Å². The van der Waals surface area contributed by atoms with E-state index < -0.39 is 17.3 Å². The van der Waals surface area contributed by atoms with E-state index in [1.807, 2.05) is 6.92 Å². The summed E-state index contributed by atoms with van der Waals surface area (Å²) in [6.45, 7) is 12.6. The number of aliphatic carboxylic acids is 1. The molecule has 1 N–H and O–H groups in total. The predicted octanol–water partition coefficient (Wildman–Crippen LogP) is 6.28. The highest BCUT2D eigenvalue weighted by Crippen LogP contribution is 2.64. The van der Waals surface area contributed by atoms with Gasteiger partial charge in [0.15, 0.2) is 0 Å². The molecule has 33 heavy (non-hydrogen) atoms. The van der Waals surface area contributed by atoms with Crippen molar-refractivity contribution in [1.29, 1.82) is 0 Å². The topological polar surface area (TPSA) is 80.7 Å². The number of hydrogen-bond acceptors (Lipinski definition) is 4. The Bertz CT molecular complexity index is 745. The number of carboxylic acid groups (broad SMARTS) is 1. The minimum Gasteiger partial charge on any atom is -0.481 e. The molecule has 3 aliphatic carbocycles. The zero-order valence-corrected chi connectivity index (χ0v) is 21.7. The molecule has 3 saturated carbocycles. The maximum Gasteiger partial charge on any atom is 0.307 e. The number of hydrogen-bond donors (Lipinski definition) is 1. The van der Waals surface area contributed by atoms with Gasteiger partial charge >= 0.3 is 11.9 Å². The molecule has 0 heterocycles. The molecule has 0 radical (unpaired) electrons. The molecule has 8 atom stereocenters. The molecule has 0 aromatic heterocycles. The quantitative estimate of drug-likeness (QED) is 0.429. The van der Waals surface area contributed by atoms with Gasteiger partial charge in [-0.1, -0.05) is 53.9 Å². The van der Waals surface area contributed by atoms with Crippen molar-refractivity contribution in [2.45, 2.75) is 112 Å². The van der Waals surface area contributed by atoms with Crippen LogP contribution in [0.5, 0.6) is 0 Å². The Morgan fingerprint density at radius 2 is 1.73 bits per heavy atom. The molecule has 188 valence electrons. The third-order valence-electron chi connectivity index (χ3n) is 9.94. The van der Waals surface area contributed by atoms with E-state index in [0.29, 0.717) is 24.7 Å². The first-order chi connectivity index (χ1) is 15.4. The van der Waals surface area contributed by atoms with E-state index in [1.165, 1.54) is 26.2 Å². The van der Waals surface area contributed by atoms with Gasteiger partial charge in [-0.2, -0.15) is 0 Å². The summed E-state index contributed by atoms with van der Waals surface area (Å²) >= 11 is 0. The van der Waals surface area contributed by atoms with Crippen LogP contribution in [0.2, 0.25) is 0 Å². The molecule has 0 aromatic carbocycles. The van der Waals surface area contributed by atoms with Gasteiger partial charge in [-0.15, -0.1) is 0 Å². The average molecular weight is 463 g/mol. The molecule has 3 rings (SSSR count). The van der Waals surface area contributed by atoms with Gasteiger partial charge in [-0.3, -0.25) is 14.4 Å². The van der Waals surface area contributed by atoms with Crippen molar-refractivity contribution >= 4 is 17.7 Å². The van der Waals surface area contributed by atoms with Crippen molar-refractivity contribution in [2.75, 3.05) is 0 Å². The highest BCUT2D eigenvalue weighted by Gasteiger charge is 2.61. The summed E-state index contributed by atoms with van der Waals surface area (Å²) in [7, 11) is 0. The number of carbonyl (C=O) groups excluding carboxylic acids is 2. The Labute approximate surface area is 200 Å². The second-order valence-electron chi connectivity index (χ2n) is 12.4. The van der Waals surface area contributed by atoms with E-state index in [4.69, 9.17) is 4.74 Å². The summed E-state index contributed by atoms with van der Waals surface area (Å²) in [6, 6.07) is 0. The van der Waals surface area contributed by atoms with Crippen LogP contribution in [0.3, 0.4) is 0 Å². The number of rotatable bonds is 8. The summed E-state index contributed by atoms with van der Waals surface area (Å²) in [6.07, 6.45) is 8.73. The first-order valence-corrected chi connectivity index (χ1v) is 13.3. The maximum atomic E-state index is 13.3. The lowest BCUT2D eigenvalue weighted by molar-refractivity contribution is -0.165. The minimum absolute atomic E-state index is 0.0468. The van der Waals surface area contributed by atoms with Gasteiger partial charge in [0, 0.05) is 18.8 Å². The fourth-order valence-electron chi connectivity index (χ4n) is 8.09. The van der Waals surface area contributed by atoms with Crippen LogP contribution in [0.25, 0.3) is 0 Å². The van der Waals surface area contributed by atoms with Crippen molar-refractivity contribution < 1.29 is 24.2 Å². The Morgan fingerprint density at radius 3 is 2.30 bits per heavy atom. The SMILES string of the molecule is CC(=O)OC1CC[C@](C)(C2CC[C@]3(C)C(C(C)CCCC(C)C)CCC3C2C(=O)O)C(=O)C1. The summed E-state index contributed by atoms with van der Waals surface area (Å²) in [5, 5.41) is 10.4. The van der Waals surface area contributed by atoms with E-state index >= 15 is 0 Å². The Kier molecular flexibility index (Phi) is 8.01. The standard InChI is InChI=1S/C28H46O5/c1-17(2)8-7-9-18(3)21-10-11-22-25(26(31)32)23(13-15-27(21,22)5)28(6)14-12-20(16-24(28)30)33-19(4)29/h17-18,20-23,25H,7-16H2,1-6H3,(H,31,32)/t18?,20?,21?,22?,23?,25?,27-,28-/m1/s1. The highest BCUT2D eigenvalue weighted by atomic mass is 16.5. The predicted molar refractivity (Wildman–Crippen MR) is 129 cm³/mol. The number of Topliss-reactive ketones (excluding diaryl/α,β-unsaturated/α-hetero) is 1. The van der Waals surface area contributed by atoms with Gasteiger partial charge in [0.1, 0.15) is 11.9 Å². The van der Waals surface area contributed by atoms with E-state index in [-0.39, 0.29) is 41.5 Å². The molecule has 0 aromatic rings. The van der Waals surface area contributed by atoms with Crippen LogP contribution in [0.4, 0.5) is 0 Å². The fourth-order valence-corrected chi connectivity index (χ4v) is 8.09. The zero-order valence-electron chi connectivity index (χ0n) is 21.7. The molecule has 5 nitrogen and oxygen atoms in total. The highest BCUT2D eigenvalue weighted by molar-refractivity contribution is 5.87. The molecule has 0 bridgehead atoms. The van der Waals surface area contributed by atoms with Crippen LogP contribution in [0, 0.1) is 46.3 Å².